The van der Waals surface area contributed by atoms with Crippen LogP contribution in [-0.2, 0) is 0 Å². The van der Waals surface area contributed by atoms with Crippen LogP contribution in [0, 0.1) is 5.41 Å². The molecule has 100 valence electrons. The van der Waals surface area contributed by atoms with Gasteiger partial charge in [0.2, 0.25) is 0 Å². The van der Waals surface area contributed by atoms with E-state index in [0.29, 0.717) is 18.1 Å². The maximum absolute atomic E-state index is 9.41. The molecule has 3 nitrogen and oxygen atoms in total. The molecule has 0 aromatic carbocycles. The number of hydrogen-bond acceptors (Lipinski definition) is 3. The summed E-state index contributed by atoms with van der Waals surface area (Å²) in [6, 6.07) is 0.404. The smallest absolute Gasteiger partial charge is 0.0586 e. The van der Waals surface area contributed by atoms with E-state index in [9.17, 15) is 5.11 Å². The Kier molecular flexibility index (Phi) is 4.83. The summed E-state index contributed by atoms with van der Waals surface area (Å²) in [6.45, 7) is 3.42. The molecular formula is C14H28N2O. The quantitative estimate of drug-likeness (QED) is 0.736. The first kappa shape index (κ1) is 13.3. The van der Waals surface area contributed by atoms with Gasteiger partial charge in [-0.3, -0.25) is 4.90 Å². The Hall–Kier alpha value is -0.120. The number of hydrogen-bond donors (Lipinski definition) is 2. The number of nitrogens with two attached hydrogens (primary N) is 1. The van der Waals surface area contributed by atoms with Gasteiger partial charge >= 0.3 is 0 Å². The standard InChI is InChI=1S/C14H28N2O/c15-11-14(7-3-1-2-4-8-14)12-16-9-5-6-13(16)10-17/h13,17H,1-12,15H2. The highest BCUT2D eigenvalue weighted by atomic mass is 16.3. The Morgan fingerprint density at radius 1 is 1.12 bits per heavy atom. The maximum Gasteiger partial charge on any atom is 0.0586 e. The largest absolute Gasteiger partial charge is 0.395 e. The van der Waals surface area contributed by atoms with Gasteiger partial charge < -0.3 is 10.8 Å². The van der Waals surface area contributed by atoms with Crippen molar-refractivity contribution in [3.05, 3.63) is 0 Å². The van der Waals surface area contributed by atoms with Crippen LogP contribution in [0.15, 0.2) is 0 Å². The van der Waals surface area contributed by atoms with Crippen LogP contribution < -0.4 is 5.73 Å². The molecule has 0 spiro atoms. The monoisotopic (exact) mass is 240 g/mol. The molecule has 0 amide bonds. The van der Waals surface area contributed by atoms with Crippen molar-refractivity contribution < 1.29 is 5.11 Å². The lowest BCUT2D eigenvalue weighted by atomic mass is 9.79. The number of aliphatic hydroxyl groups is 1. The lowest BCUT2D eigenvalue weighted by Gasteiger charge is -2.37. The second-order valence-corrected chi connectivity index (χ2v) is 6.07. The van der Waals surface area contributed by atoms with E-state index in [1.165, 1.54) is 44.9 Å². The fourth-order valence-electron chi connectivity index (χ4n) is 3.65. The van der Waals surface area contributed by atoms with E-state index in [1.807, 2.05) is 0 Å². The van der Waals surface area contributed by atoms with Crippen LogP contribution in [-0.4, -0.2) is 42.3 Å². The summed E-state index contributed by atoms with van der Waals surface area (Å²) in [5.74, 6) is 0. The van der Waals surface area contributed by atoms with E-state index >= 15 is 0 Å². The zero-order chi connectivity index (χ0) is 12.1. The molecule has 2 fully saturated rings. The van der Waals surface area contributed by atoms with Crippen molar-refractivity contribution in [2.75, 3.05) is 26.2 Å². The molecule has 1 heterocycles. The van der Waals surface area contributed by atoms with E-state index in [2.05, 4.69) is 4.90 Å². The van der Waals surface area contributed by atoms with Gasteiger partial charge in [-0.2, -0.15) is 0 Å². The highest BCUT2D eigenvalue weighted by Crippen LogP contribution is 2.36. The average Bonchev–Trinajstić information content (AvgIpc) is 2.66. The third-order valence-electron chi connectivity index (χ3n) is 4.85. The van der Waals surface area contributed by atoms with Crippen molar-refractivity contribution >= 4 is 0 Å². The second-order valence-electron chi connectivity index (χ2n) is 6.07. The van der Waals surface area contributed by atoms with Crippen LogP contribution in [0.5, 0.6) is 0 Å². The molecule has 17 heavy (non-hydrogen) atoms. The molecule has 3 N–H and O–H groups in total. The summed E-state index contributed by atoms with van der Waals surface area (Å²) in [5, 5.41) is 9.41. The normalized spacial score (nSPS) is 30.4. The van der Waals surface area contributed by atoms with Gasteiger partial charge in [0.1, 0.15) is 0 Å². The van der Waals surface area contributed by atoms with Crippen molar-refractivity contribution in [1.29, 1.82) is 0 Å². The molecule has 2 rings (SSSR count). The Bertz CT molecular complexity index is 224. The van der Waals surface area contributed by atoms with Crippen LogP contribution in [0.2, 0.25) is 0 Å². The number of likely N-dealkylation sites (tertiary alicyclic amines) is 1. The van der Waals surface area contributed by atoms with Crippen LogP contribution in [0.25, 0.3) is 0 Å². The molecule has 1 atom stereocenters. The summed E-state index contributed by atoms with van der Waals surface area (Å²) in [4.78, 5) is 2.50. The van der Waals surface area contributed by atoms with Gasteiger partial charge in [0, 0.05) is 12.6 Å². The van der Waals surface area contributed by atoms with Crippen molar-refractivity contribution in [1.82, 2.24) is 4.90 Å². The fraction of sp³-hybridized carbons (Fsp3) is 1.00. The topological polar surface area (TPSA) is 49.5 Å². The first-order valence-electron chi connectivity index (χ1n) is 7.35. The van der Waals surface area contributed by atoms with Gasteiger partial charge in [-0.1, -0.05) is 25.7 Å². The molecule has 1 saturated carbocycles. The molecule has 1 saturated heterocycles. The van der Waals surface area contributed by atoms with E-state index in [4.69, 9.17) is 5.73 Å². The van der Waals surface area contributed by atoms with Gasteiger partial charge in [-0.05, 0) is 44.2 Å². The van der Waals surface area contributed by atoms with Gasteiger partial charge in [0.15, 0.2) is 0 Å². The van der Waals surface area contributed by atoms with Crippen LogP contribution in [0.1, 0.15) is 51.4 Å². The molecule has 0 radical (unpaired) electrons. The van der Waals surface area contributed by atoms with Crippen molar-refractivity contribution in [2.45, 2.75) is 57.4 Å². The Morgan fingerprint density at radius 2 is 1.82 bits per heavy atom. The minimum atomic E-state index is 0.320. The van der Waals surface area contributed by atoms with Crippen LogP contribution in [0.3, 0.4) is 0 Å². The zero-order valence-electron chi connectivity index (χ0n) is 11.0. The summed E-state index contributed by atoms with van der Waals surface area (Å²) in [7, 11) is 0. The minimum Gasteiger partial charge on any atom is -0.395 e. The number of rotatable bonds is 4. The first-order chi connectivity index (χ1) is 8.29. The number of aliphatic hydroxyl groups excluding tert-OH is 1. The zero-order valence-corrected chi connectivity index (χ0v) is 11.0. The van der Waals surface area contributed by atoms with Gasteiger partial charge in [-0.15, -0.1) is 0 Å². The molecule has 3 heteroatoms. The van der Waals surface area contributed by atoms with Crippen molar-refractivity contribution in [3.63, 3.8) is 0 Å². The van der Waals surface area contributed by atoms with Crippen LogP contribution >= 0.6 is 0 Å². The SMILES string of the molecule is NCC1(CN2CCCC2CO)CCCCCC1. The lowest BCUT2D eigenvalue weighted by Crippen LogP contribution is -2.45. The van der Waals surface area contributed by atoms with Gasteiger partial charge in [-0.25, -0.2) is 0 Å². The summed E-state index contributed by atoms with van der Waals surface area (Å²) in [5.41, 5.74) is 6.43. The Morgan fingerprint density at radius 3 is 2.41 bits per heavy atom. The summed E-state index contributed by atoms with van der Waals surface area (Å²) in [6.07, 6.45) is 10.4. The highest BCUT2D eigenvalue weighted by molar-refractivity contribution is 4.89. The lowest BCUT2D eigenvalue weighted by molar-refractivity contribution is 0.0948. The van der Waals surface area contributed by atoms with E-state index in [1.54, 1.807) is 0 Å². The molecule has 0 aromatic heterocycles. The molecular weight excluding hydrogens is 212 g/mol. The van der Waals surface area contributed by atoms with E-state index < -0.39 is 0 Å². The Labute approximate surface area is 105 Å². The van der Waals surface area contributed by atoms with Gasteiger partial charge in [0.25, 0.3) is 0 Å². The van der Waals surface area contributed by atoms with Crippen molar-refractivity contribution in [3.8, 4) is 0 Å². The summed E-state index contributed by atoms with van der Waals surface area (Å²) >= 11 is 0. The minimum absolute atomic E-state index is 0.320. The molecule has 1 aliphatic heterocycles. The highest BCUT2D eigenvalue weighted by Gasteiger charge is 2.35. The third kappa shape index (κ3) is 3.21. The third-order valence-corrected chi connectivity index (χ3v) is 4.85. The van der Waals surface area contributed by atoms with Crippen LogP contribution in [0.4, 0.5) is 0 Å². The summed E-state index contributed by atoms with van der Waals surface area (Å²) < 4.78 is 0. The molecule has 2 aliphatic rings. The molecule has 1 unspecified atom stereocenters. The Balaban J connectivity index is 1.97. The molecule has 0 bridgehead atoms. The predicted octanol–water partition coefficient (Wildman–Crippen LogP) is 1.74. The predicted molar refractivity (Wildman–Crippen MR) is 70.9 cm³/mol. The average molecular weight is 240 g/mol. The fourth-order valence-corrected chi connectivity index (χ4v) is 3.65. The second kappa shape index (κ2) is 6.17. The maximum atomic E-state index is 9.41. The van der Waals surface area contributed by atoms with Gasteiger partial charge in [0.05, 0.1) is 6.61 Å². The van der Waals surface area contributed by atoms with E-state index in [0.717, 1.165) is 26.1 Å². The number of nitrogens with zero attached hydrogens (tertiary/aromatic N) is 1. The molecule has 1 aliphatic carbocycles. The van der Waals surface area contributed by atoms with E-state index in [-0.39, 0.29) is 0 Å². The van der Waals surface area contributed by atoms with Crippen molar-refractivity contribution in [2.24, 2.45) is 11.1 Å². The molecule has 0 aromatic rings. The first-order valence-corrected chi connectivity index (χ1v) is 7.35.